The lowest BCUT2D eigenvalue weighted by Gasteiger charge is -2.11. The van der Waals surface area contributed by atoms with Crippen molar-refractivity contribution < 1.29 is 8.82 Å². The Hall–Kier alpha value is -0.766. The summed E-state index contributed by atoms with van der Waals surface area (Å²) in [5.41, 5.74) is 3.39. The summed E-state index contributed by atoms with van der Waals surface area (Å²) in [5.74, 6) is 2.96. The van der Waals surface area contributed by atoms with E-state index in [1.54, 1.807) is 6.07 Å². The summed E-state index contributed by atoms with van der Waals surface area (Å²) in [6, 6.07) is 3.01. The van der Waals surface area contributed by atoms with Gasteiger partial charge in [-0.25, -0.2) is 4.39 Å². The molecule has 0 amide bonds. The van der Waals surface area contributed by atoms with Gasteiger partial charge in [-0.1, -0.05) is 37.2 Å². The van der Waals surface area contributed by atoms with Crippen LogP contribution in [0.3, 0.4) is 0 Å². The van der Waals surface area contributed by atoms with Gasteiger partial charge in [0.25, 0.3) is 0 Å². The average Bonchev–Trinajstić information content (AvgIpc) is 2.12. The Bertz CT molecular complexity index is 475. The van der Waals surface area contributed by atoms with Crippen molar-refractivity contribution in [3.05, 3.63) is 28.5 Å². The smallest absolute Gasteiger partial charge is 0.229 e. The highest BCUT2D eigenvalue weighted by Crippen LogP contribution is 2.25. The third kappa shape index (κ3) is 4.85. The summed E-state index contributed by atoms with van der Waals surface area (Å²) in [6.45, 7) is 10.4. The van der Waals surface area contributed by atoms with E-state index in [4.69, 9.17) is 16.0 Å². The largest absolute Gasteiger partial charge is 0.547 e. The normalized spacial score (nSPS) is 11.1. The Balaban J connectivity index is 3.12. The summed E-state index contributed by atoms with van der Waals surface area (Å²) in [7, 11) is -2.79. The molecule has 1 nitrogen and oxygen atoms in total. The van der Waals surface area contributed by atoms with Crippen LogP contribution in [0.25, 0.3) is 0 Å². The monoisotopic (exact) mass is 300 g/mol. The molecule has 0 saturated carbocycles. The van der Waals surface area contributed by atoms with Crippen molar-refractivity contribution in [1.82, 2.24) is 0 Å². The fraction of sp³-hybridized carbons (Fsp3) is 0.385. The maximum atomic E-state index is 13.9. The first kappa shape index (κ1) is 15.3. The molecule has 1 rings (SSSR count). The molecule has 98 valence electrons. The van der Waals surface area contributed by atoms with Crippen molar-refractivity contribution in [2.24, 2.45) is 0 Å². The highest BCUT2D eigenvalue weighted by Gasteiger charge is 2.12. The summed E-state index contributed by atoms with van der Waals surface area (Å²) in [6.07, 6.45) is 0. The molecule has 0 atom stereocenters. The number of halogens is 2. The second-order valence-electron chi connectivity index (χ2n) is 5.43. The van der Waals surface area contributed by atoms with Crippen LogP contribution in [0.15, 0.2) is 12.1 Å². The lowest BCUT2D eigenvalue weighted by molar-refractivity contribution is 0.562. The molecular weight excluding hydrogens is 283 g/mol. The minimum Gasteiger partial charge on any atom is -0.547 e. The highest BCUT2D eigenvalue weighted by molar-refractivity contribution is 6.83. The van der Waals surface area contributed by atoms with Crippen LogP contribution in [0.2, 0.25) is 37.8 Å². The van der Waals surface area contributed by atoms with E-state index in [0.29, 0.717) is 10.8 Å². The predicted molar refractivity (Wildman–Crippen MR) is 81.1 cm³/mol. The maximum absolute atomic E-state index is 13.9. The zero-order valence-corrected chi connectivity index (χ0v) is 14.3. The van der Waals surface area contributed by atoms with E-state index in [0.717, 1.165) is 0 Å². The molecule has 0 aliphatic rings. The van der Waals surface area contributed by atoms with E-state index in [1.807, 2.05) is 13.1 Å². The molecule has 0 unspecified atom stereocenters. The fourth-order valence-electron chi connectivity index (χ4n) is 1.26. The van der Waals surface area contributed by atoms with E-state index in [2.05, 4.69) is 31.1 Å². The van der Waals surface area contributed by atoms with Crippen molar-refractivity contribution in [2.45, 2.75) is 32.7 Å². The van der Waals surface area contributed by atoms with Crippen molar-refractivity contribution in [2.75, 3.05) is 0 Å². The van der Waals surface area contributed by atoms with E-state index < -0.39 is 22.9 Å². The third-order valence-electron chi connectivity index (χ3n) is 1.95. The zero-order chi connectivity index (χ0) is 13.9. The molecule has 1 aromatic carbocycles. The minimum absolute atomic E-state index is 0.275. The van der Waals surface area contributed by atoms with Crippen LogP contribution in [-0.4, -0.2) is 17.1 Å². The summed E-state index contributed by atoms with van der Waals surface area (Å²) in [4.78, 5) is 0. The van der Waals surface area contributed by atoms with Crippen LogP contribution < -0.4 is 4.43 Å². The Morgan fingerprint density at radius 2 is 1.89 bits per heavy atom. The van der Waals surface area contributed by atoms with Crippen LogP contribution in [-0.2, 0) is 0 Å². The Morgan fingerprint density at radius 3 is 2.33 bits per heavy atom. The van der Waals surface area contributed by atoms with Gasteiger partial charge in [0.2, 0.25) is 9.04 Å². The molecule has 0 spiro atoms. The molecule has 0 fully saturated rings. The van der Waals surface area contributed by atoms with Gasteiger partial charge in [-0.15, -0.1) is 5.54 Å². The molecule has 0 saturated heterocycles. The molecule has 1 aromatic rings. The van der Waals surface area contributed by atoms with Crippen LogP contribution in [0, 0.1) is 17.3 Å². The standard InChI is InChI=1S/C13H18ClFOSi2/c1-17(2)16-10-8-12(14)11(13(15)9-10)6-7-18(3,4)5/h8-9,17H,1-5H3. The van der Waals surface area contributed by atoms with Gasteiger partial charge in [0.05, 0.1) is 10.6 Å². The van der Waals surface area contributed by atoms with Gasteiger partial charge >= 0.3 is 0 Å². The number of benzene rings is 1. The molecule has 0 heterocycles. The number of hydrogen-bond donors (Lipinski definition) is 0. The topological polar surface area (TPSA) is 9.23 Å². The molecular formula is C13H18ClFOSi2. The van der Waals surface area contributed by atoms with Crippen LogP contribution in [0.4, 0.5) is 4.39 Å². The second-order valence-corrected chi connectivity index (χ2v) is 12.9. The summed E-state index contributed by atoms with van der Waals surface area (Å²) >= 11 is 6.06. The quantitative estimate of drug-likeness (QED) is 0.591. The van der Waals surface area contributed by atoms with Crippen molar-refractivity contribution in [1.29, 1.82) is 0 Å². The van der Waals surface area contributed by atoms with Gasteiger partial charge in [0.15, 0.2) is 0 Å². The fourth-order valence-corrected chi connectivity index (χ4v) is 2.68. The molecule has 0 aliphatic heterocycles. The van der Waals surface area contributed by atoms with E-state index in [9.17, 15) is 4.39 Å². The lowest BCUT2D eigenvalue weighted by Crippen LogP contribution is -2.16. The Morgan fingerprint density at radius 1 is 1.28 bits per heavy atom. The Labute approximate surface area is 116 Å². The number of hydrogen-bond acceptors (Lipinski definition) is 1. The minimum atomic E-state index is -1.54. The van der Waals surface area contributed by atoms with Crippen molar-refractivity contribution >= 4 is 28.7 Å². The first-order chi connectivity index (χ1) is 8.19. The van der Waals surface area contributed by atoms with Crippen LogP contribution in [0.5, 0.6) is 5.75 Å². The highest BCUT2D eigenvalue weighted by atomic mass is 35.5. The molecule has 0 aromatic heterocycles. The maximum Gasteiger partial charge on any atom is 0.229 e. The van der Waals surface area contributed by atoms with Gasteiger partial charge in [0.1, 0.15) is 19.6 Å². The molecule has 18 heavy (non-hydrogen) atoms. The third-order valence-corrected chi connectivity index (χ3v) is 3.87. The molecule has 0 radical (unpaired) electrons. The lowest BCUT2D eigenvalue weighted by atomic mass is 10.2. The molecule has 0 bridgehead atoms. The van der Waals surface area contributed by atoms with Gasteiger partial charge in [0, 0.05) is 6.07 Å². The van der Waals surface area contributed by atoms with Crippen molar-refractivity contribution in [3.8, 4) is 17.2 Å². The zero-order valence-electron chi connectivity index (χ0n) is 11.4. The van der Waals surface area contributed by atoms with Gasteiger partial charge in [-0.05, 0) is 19.2 Å². The first-order valence-electron chi connectivity index (χ1n) is 5.88. The predicted octanol–water partition coefficient (Wildman–Crippen LogP) is 4.07. The van der Waals surface area contributed by atoms with Gasteiger partial charge in [-0.2, -0.15) is 0 Å². The summed E-state index contributed by atoms with van der Waals surface area (Å²) in [5, 5.41) is 0.324. The van der Waals surface area contributed by atoms with E-state index >= 15 is 0 Å². The molecule has 0 aliphatic carbocycles. The number of rotatable bonds is 2. The van der Waals surface area contributed by atoms with Crippen LogP contribution >= 0.6 is 11.6 Å². The van der Waals surface area contributed by atoms with E-state index in [1.165, 1.54) is 6.07 Å². The van der Waals surface area contributed by atoms with E-state index in [-0.39, 0.29) is 5.56 Å². The SMILES string of the molecule is C[SiH](C)Oc1cc(F)c(C#C[Si](C)(C)C)c(Cl)c1. The van der Waals surface area contributed by atoms with Crippen molar-refractivity contribution in [3.63, 3.8) is 0 Å². The molecule has 0 N–H and O–H groups in total. The summed E-state index contributed by atoms with van der Waals surface area (Å²) < 4.78 is 19.5. The van der Waals surface area contributed by atoms with Crippen LogP contribution in [0.1, 0.15) is 5.56 Å². The Kier molecular flexibility index (Phi) is 5.03. The van der Waals surface area contributed by atoms with Gasteiger partial charge < -0.3 is 4.43 Å². The average molecular weight is 301 g/mol. The second kappa shape index (κ2) is 5.92. The molecule has 5 heteroatoms. The van der Waals surface area contributed by atoms with Gasteiger partial charge in [-0.3, -0.25) is 0 Å². The first-order valence-corrected chi connectivity index (χ1v) is 12.5.